The lowest BCUT2D eigenvalue weighted by Gasteiger charge is -2.06. The molecule has 1 aromatic carbocycles. The fourth-order valence-corrected chi connectivity index (χ4v) is 2.04. The molecule has 0 bridgehead atoms. The van der Waals surface area contributed by atoms with E-state index in [4.69, 9.17) is 5.73 Å². The molecular weight excluding hydrogens is 257 g/mol. The molecule has 5 heteroatoms. The molecule has 0 aliphatic rings. The number of nitrogens with two attached hydrogens (primary N) is 1. The zero-order valence-electron chi connectivity index (χ0n) is 10.4. The first-order valence-corrected chi connectivity index (χ1v) is 5.94. The summed E-state index contributed by atoms with van der Waals surface area (Å²) in [7, 11) is 0. The predicted octanol–water partition coefficient (Wildman–Crippen LogP) is 2.53. The standard InChI is InChI=1S/C15H10FN3O/c16-11-3-1-9(2-4-11)13-7-18-8-14-12(13)5-10(6-19-14)15(17)20/h1-8H,(H2,17,20). The molecule has 0 fully saturated rings. The number of primary amides is 1. The zero-order chi connectivity index (χ0) is 14.1. The van der Waals surface area contributed by atoms with Gasteiger partial charge >= 0.3 is 0 Å². The molecule has 2 N–H and O–H groups in total. The Morgan fingerprint density at radius 3 is 2.55 bits per heavy atom. The molecule has 4 nitrogen and oxygen atoms in total. The Morgan fingerprint density at radius 2 is 1.85 bits per heavy atom. The number of carbonyl (C=O) groups is 1. The monoisotopic (exact) mass is 267 g/mol. The second-order valence-corrected chi connectivity index (χ2v) is 4.35. The number of rotatable bonds is 2. The summed E-state index contributed by atoms with van der Waals surface area (Å²) in [4.78, 5) is 19.5. The van der Waals surface area contributed by atoms with Crippen LogP contribution in [0.5, 0.6) is 0 Å². The number of benzene rings is 1. The van der Waals surface area contributed by atoms with E-state index < -0.39 is 5.91 Å². The summed E-state index contributed by atoms with van der Waals surface area (Å²) in [5.74, 6) is -0.848. The largest absolute Gasteiger partial charge is 0.366 e. The summed E-state index contributed by atoms with van der Waals surface area (Å²) >= 11 is 0. The van der Waals surface area contributed by atoms with Crippen molar-refractivity contribution in [3.05, 3.63) is 60.3 Å². The first-order valence-electron chi connectivity index (χ1n) is 5.94. The summed E-state index contributed by atoms with van der Waals surface area (Å²) in [6, 6.07) is 7.73. The molecule has 3 rings (SSSR count). The van der Waals surface area contributed by atoms with Gasteiger partial charge in [-0.1, -0.05) is 12.1 Å². The van der Waals surface area contributed by atoms with Gasteiger partial charge in [-0.25, -0.2) is 4.39 Å². The van der Waals surface area contributed by atoms with Crippen molar-refractivity contribution in [2.24, 2.45) is 5.73 Å². The minimum absolute atomic E-state index is 0.308. The summed E-state index contributed by atoms with van der Waals surface area (Å²) in [5.41, 5.74) is 7.82. The van der Waals surface area contributed by atoms with Crippen molar-refractivity contribution in [1.29, 1.82) is 0 Å². The van der Waals surface area contributed by atoms with Gasteiger partial charge < -0.3 is 5.73 Å². The van der Waals surface area contributed by atoms with Gasteiger partial charge in [-0.05, 0) is 23.8 Å². The van der Waals surface area contributed by atoms with Crippen LogP contribution in [0.3, 0.4) is 0 Å². The Balaban J connectivity index is 2.26. The lowest BCUT2D eigenvalue weighted by atomic mass is 10.0. The molecule has 0 radical (unpaired) electrons. The Morgan fingerprint density at radius 1 is 1.10 bits per heavy atom. The van der Waals surface area contributed by atoms with Gasteiger partial charge in [0.05, 0.1) is 17.3 Å². The van der Waals surface area contributed by atoms with Crippen molar-refractivity contribution in [3.63, 3.8) is 0 Å². The molecular formula is C15H10FN3O. The van der Waals surface area contributed by atoms with E-state index in [1.807, 2.05) is 0 Å². The molecule has 98 valence electrons. The van der Waals surface area contributed by atoms with Crippen LogP contribution in [-0.4, -0.2) is 15.9 Å². The van der Waals surface area contributed by atoms with Crippen molar-refractivity contribution >= 4 is 16.8 Å². The highest BCUT2D eigenvalue weighted by molar-refractivity contribution is 6.00. The maximum absolute atomic E-state index is 13.0. The Labute approximate surface area is 114 Å². The maximum Gasteiger partial charge on any atom is 0.250 e. The highest BCUT2D eigenvalue weighted by Gasteiger charge is 2.09. The SMILES string of the molecule is NC(=O)c1cnc2cncc(-c3ccc(F)cc3)c2c1. The van der Waals surface area contributed by atoms with Crippen LogP contribution in [0, 0.1) is 5.82 Å². The molecule has 2 aromatic heterocycles. The number of carbonyl (C=O) groups excluding carboxylic acids is 1. The topological polar surface area (TPSA) is 68.9 Å². The van der Waals surface area contributed by atoms with Crippen LogP contribution in [-0.2, 0) is 0 Å². The van der Waals surface area contributed by atoms with Gasteiger partial charge in [-0.3, -0.25) is 14.8 Å². The number of fused-ring (bicyclic) bond motifs is 1. The smallest absolute Gasteiger partial charge is 0.250 e. The molecule has 0 unspecified atom stereocenters. The van der Waals surface area contributed by atoms with Gasteiger partial charge in [0.15, 0.2) is 0 Å². The number of amides is 1. The lowest BCUT2D eigenvalue weighted by Crippen LogP contribution is -2.11. The van der Waals surface area contributed by atoms with Crippen molar-refractivity contribution in [2.75, 3.05) is 0 Å². The average molecular weight is 267 g/mol. The van der Waals surface area contributed by atoms with Crippen LogP contribution in [0.25, 0.3) is 22.0 Å². The van der Waals surface area contributed by atoms with Crippen molar-refractivity contribution in [2.45, 2.75) is 0 Å². The quantitative estimate of drug-likeness (QED) is 0.775. The third-order valence-electron chi connectivity index (χ3n) is 3.05. The second kappa shape index (κ2) is 4.70. The van der Waals surface area contributed by atoms with Gasteiger partial charge in [0.25, 0.3) is 0 Å². The van der Waals surface area contributed by atoms with Crippen LogP contribution in [0.15, 0.2) is 48.9 Å². The van der Waals surface area contributed by atoms with Crippen molar-refractivity contribution in [1.82, 2.24) is 9.97 Å². The Bertz CT molecular complexity index is 800. The number of hydrogen-bond acceptors (Lipinski definition) is 3. The lowest BCUT2D eigenvalue weighted by molar-refractivity contribution is 0.1000. The summed E-state index contributed by atoms with van der Waals surface area (Å²) in [6.07, 6.45) is 4.68. The third kappa shape index (κ3) is 2.09. The van der Waals surface area contributed by atoms with Crippen LogP contribution < -0.4 is 5.73 Å². The number of aromatic nitrogens is 2. The van der Waals surface area contributed by atoms with E-state index in [2.05, 4.69) is 9.97 Å². The van der Waals surface area contributed by atoms with E-state index in [0.717, 1.165) is 16.5 Å². The van der Waals surface area contributed by atoms with Gasteiger partial charge in [0.1, 0.15) is 5.82 Å². The Kier molecular flexibility index (Phi) is 2.87. The van der Waals surface area contributed by atoms with E-state index in [1.54, 1.807) is 30.6 Å². The summed E-state index contributed by atoms with van der Waals surface area (Å²) < 4.78 is 13.0. The molecule has 0 saturated carbocycles. The third-order valence-corrected chi connectivity index (χ3v) is 3.05. The molecule has 0 spiro atoms. The number of pyridine rings is 2. The maximum atomic E-state index is 13.0. The molecule has 0 aliphatic carbocycles. The Hall–Kier alpha value is -2.82. The van der Waals surface area contributed by atoms with E-state index in [1.165, 1.54) is 18.3 Å². The van der Waals surface area contributed by atoms with Crippen LogP contribution in [0.4, 0.5) is 4.39 Å². The van der Waals surface area contributed by atoms with Crippen molar-refractivity contribution in [3.8, 4) is 11.1 Å². The first kappa shape index (κ1) is 12.2. The van der Waals surface area contributed by atoms with E-state index in [9.17, 15) is 9.18 Å². The molecule has 1 amide bonds. The fourth-order valence-electron chi connectivity index (χ4n) is 2.04. The highest BCUT2D eigenvalue weighted by atomic mass is 19.1. The van der Waals surface area contributed by atoms with E-state index in [-0.39, 0.29) is 5.82 Å². The van der Waals surface area contributed by atoms with E-state index in [0.29, 0.717) is 11.1 Å². The van der Waals surface area contributed by atoms with Gasteiger partial charge in [-0.2, -0.15) is 0 Å². The molecule has 0 saturated heterocycles. The van der Waals surface area contributed by atoms with Crippen molar-refractivity contribution < 1.29 is 9.18 Å². The predicted molar refractivity (Wildman–Crippen MR) is 73.4 cm³/mol. The fraction of sp³-hybridized carbons (Fsp3) is 0. The average Bonchev–Trinajstić information content (AvgIpc) is 2.47. The summed E-state index contributed by atoms with van der Waals surface area (Å²) in [5, 5.41) is 0.753. The molecule has 2 heterocycles. The second-order valence-electron chi connectivity index (χ2n) is 4.35. The molecule has 3 aromatic rings. The minimum Gasteiger partial charge on any atom is -0.366 e. The number of nitrogens with zero attached hydrogens (tertiary/aromatic N) is 2. The van der Waals surface area contributed by atoms with Crippen LogP contribution in [0.1, 0.15) is 10.4 Å². The normalized spacial score (nSPS) is 10.7. The van der Waals surface area contributed by atoms with Gasteiger partial charge in [0.2, 0.25) is 5.91 Å². The van der Waals surface area contributed by atoms with Crippen LogP contribution in [0.2, 0.25) is 0 Å². The summed E-state index contributed by atoms with van der Waals surface area (Å²) in [6.45, 7) is 0. The van der Waals surface area contributed by atoms with Gasteiger partial charge in [-0.15, -0.1) is 0 Å². The first-order chi connectivity index (χ1) is 9.65. The number of halogens is 1. The minimum atomic E-state index is -0.540. The van der Waals surface area contributed by atoms with Crippen LogP contribution >= 0.6 is 0 Å². The van der Waals surface area contributed by atoms with Gasteiger partial charge in [0, 0.05) is 23.3 Å². The highest BCUT2D eigenvalue weighted by Crippen LogP contribution is 2.27. The molecule has 0 atom stereocenters. The zero-order valence-corrected chi connectivity index (χ0v) is 10.4. The number of hydrogen-bond donors (Lipinski definition) is 1. The van der Waals surface area contributed by atoms with E-state index >= 15 is 0 Å². The molecule has 0 aliphatic heterocycles. The molecule has 20 heavy (non-hydrogen) atoms.